The molecular formula is C18H41NO2Si2. The maximum Gasteiger partial charge on any atom is 0.192 e. The highest BCUT2D eigenvalue weighted by Gasteiger charge is 2.41. The van der Waals surface area contributed by atoms with E-state index in [1.165, 1.54) is 0 Å². The van der Waals surface area contributed by atoms with Gasteiger partial charge in [0.15, 0.2) is 16.6 Å². The topological polar surface area (TPSA) is 30.5 Å². The van der Waals surface area contributed by atoms with Gasteiger partial charge in [-0.15, -0.1) is 0 Å². The monoisotopic (exact) mass is 359 g/mol. The zero-order chi connectivity index (χ0) is 18.1. The van der Waals surface area contributed by atoms with Gasteiger partial charge < -0.3 is 14.2 Å². The predicted molar refractivity (Wildman–Crippen MR) is 106 cm³/mol. The van der Waals surface area contributed by atoms with Gasteiger partial charge in [-0.2, -0.15) is 0 Å². The van der Waals surface area contributed by atoms with Crippen molar-refractivity contribution in [1.29, 1.82) is 0 Å². The standard InChI is InChI=1S/C18H41NO2Si2/c1-17(2,3)22(7,8)20-14-15-13-16(11-12-19-15)21-23(9,10)18(4,5)6/h15-16,19H,11-14H2,1-10H3/t15-,16?/m0/s1. The fraction of sp³-hybridized carbons (Fsp3) is 1.00. The molecule has 23 heavy (non-hydrogen) atoms. The maximum absolute atomic E-state index is 6.63. The second-order valence-electron chi connectivity index (χ2n) is 10.2. The lowest BCUT2D eigenvalue weighted by atomic mass is 10.0. The minimum Gasteiger partial charge on any atom is -0.415 e. The zero-order valence-corrected chi connectivity index (χ0v) is 19.3. The van der Waals surface area contributed by atoms with E-state index in [0.717, 1.165) is 26.0 Å². The molecule has 0 aromatic heterocycles. The van der Waals surface area contributed by atoms with E-state index in [0.29, 0.717) is 12.1 Å². The van der Waals surface area contributed by atoms with Gasteiger partial charge >= 0.3 is 0 Å². The molecule has 0 bridgehead atoms. The van der Waals surface area contributed by atoms with Gasteiger partial charge in [0.2, 0.25) is 0 Å². The fourth-order valence-electron chi connectivity index (χ4n) is 2.32. The third kappa shape index (κ3) is 5.96. The van der Waals surface area contributed by atoms with Crippen LogP contribution in [0, 0.1) is 0 Å². The van der Waals surface area contributed by atoms with E-state index in [2.05, 4.69) is 73.0 Å². The van der Waals surface area contributed by atoms with Crippen molar-refractivity contribution in [2.75, 3.05) is 13.2 Å². The van der Waals surface area contributed by atoms with Crippen LogP contribution in [0.2, 0.25) is 36.3 Å². The Morgan fingerprint density at radius 2 is 1.43 bits per heavy atom. The third-order valence-electron chi connectivity index (χ3n) is 6.17. The van der Waals surface area contributed by atoms with Crippen LogP contribution in [0.25, 0.3) is 0 Å². The Labute approximate surface area is 147 Å². The normalized spacial score (nSPS) is 24.8. The Kier molecular flexibility index (Phi) is 6.76. The first-order valence-corrected chi connectivity index (χ1v) is 15.0. The van der Waals surface area contributed by atoms with E-state index in [1.54, 1.807) is 0 Å². The Hall–Kier alpha value is 0.314. The first-order valence-electron chi connectivity index (χ1n) is 9.21. The van der Waals surface area contributed by atoms with Crippen LogP contribution in [0.3, 0.4) is 0 Å². The van der Waals surface area contributed by atoms with E-state index in [-0.39, 0.29) is 10.1 Å². The minimum absolute atomic E-state index is 0.276. The summed E-state index contributed by atoms with van der Waals surface area (Å²) in [6.07, 6.45) is 2.61. The molecule has 0 aliphatic carbocycles. The van der Waals surface area contributed by atoms with Crippen molar-refractivity contribution >= 4 is 16.6 Å². The molecule has 0 spiro atoms. The molecule has 1 rings (SSSR count). The molecule has 2 atom stereocenters. The van der Waals surface area contributed by atoms with E-state index < -0.39 is 16.6 Å². The molecule has 1 unspecified atom stereocenters. The molecule has 1 aliphatic rings. The molecule has 0 amide bonds. The first kappa shape index (κ1) is 21.4. The predicted octanol–water partition coefficient (Wildman–Crippen LogP) is 5.15. The van der Waals surface area contributed by atoms with Gasteiger partial charge in [0.1, 0.15) is 0 Å². The van der Waals surface area contributed by atoms with Gasteiger partial charge in [0.25, 0.3) is 0 Å². The molecule has 1 fully saturated rings. The van der Waals surface area contributed by atoms with Gasteiger partial charge in [-0.1, -0.05) is 41.5 Å². The smallest absolute Gasteiger partial charge is 0.192 e. The number of hydrogen-bond acceptors (Lipinski definition) is 3. The molecule has 1 N–H and O–H groups in total. The van der Waals surface area contributed by atoms with Crippen LogP contribution in [-0.2, 0) is 8.85 Å². The van der Waals surface area contributed by atoms with Crippen molar-refractivity contribution in [2.24, 2.45) is 0 Å². The zero-order valence-electron chi connectivity index (χ0n) is 17.3. The van der Waals surface area contributed by atoms with Crippen molar-refractivity contribution in [1.82, 2.24) is 5.32 Å². The van der Waals surface area contributed by atoms with Crippen LogP contribution in [0.5, 0.6) is 0 Å². The quantitative estimate of drug-likeness (QED) is 0.688. The Bertz CT molecular complexity index is 383. The van der Waals surface area contributed by atoms with Crippen molar-refractivity contribution < 1.29 is 8.85 Å². The second-order valence-corrected chi connectivity index (χ2v) is 19.8. The lowest BCUT2D eigenvalue weighted by molar-refractivity contribution is 0.104. The molecular weight excluding hydrogens is 318 g/mol. The van der Waals surface area contributed by atoms with Gasteiger partial charge in [-0.3, -0.25) is 0 Å². The van der Waals surface area contributed by atoms with Gasteiger partial charge in [-0.05, 0) is 55.7 Å². The maximum atomic E-state index is 6.63. The first-order chi connectivity index (χ1) is 10.2. The van der Waals surface area contributed by atoms with E-state index in [9.17, 15) is 0 Å². The molecule has 138 valence electrons. The lowest BCUT2D eigenvalue weighted by Gasteiger charge is -2.42. The molecule has 5 heteroatoms. The fourth-order valence-corrected chi connectivity index (χ4v) is 4.77. The van der Waals surface area contributed by atoms with Crippen LogP contribution in [-0.4, -0.2) is 41.9 Å². The summed E-state index contributed by atoms with van der Waals surface area (Å²) in [5, 5.41) is 4.19. The number of rotatable bonds is 5. The van der Waals surface area contributed by atoms with E-state index >= 15 is 0 Å². The Morgan fingerprint density at radius 1 is 0.913 bits per heavy atom. The summed E-state index contributed by atoms with van der Waals surface area (Å²) in [5.74, 6) is 0. The summed E-state index contributed by atoms with van der Waals surface area (Å²) in [7, 11) is -3.33. The van der Waals surface area contributed by atoms with Crippen LogP contribution >= 0.6 is 0 Å². The highest BCUT2D eigenvalue weighted by atomic mass is 28.4. The molecule has 1 saturated heterocycles. The average Bonchev–Trinajstić information content (AvgIpc) is 2.33. The summed E-state index contributed by atoms with van der Waals surface area (Å²) >= 11 is 0. The van der Waals surface area contributed by atoms with Crippen molar-refractivity contribution in [3.05, 3.63) is 0 Å². The van der Waals surface area contributed by atoms with E-state index in [4.69, 9.17) is 8.85 Å². The minimum atomic E-state index is -1.67. The van der Waals surface area contributed by atoms with Gasteiger partial charge in [-0.25, -0.2) is 0 Å². The Balaban J connectivity index is 2.56. The van der Waals surface area contributed by atoms with Crippen LogP contribution in [0.4, 0.5) is 0 Å². The molecule has 0 radical (unpaired) electrons. The summed E-state index contributed by atoms with van der Waals surface area (Å²) in [6, 6.07) is 0.438. The third-order valence-corrected chi connectivity index (χ3v) is 15.2. The Morgan fingerprint density at radius 3 is 1.91 bits per heavy atom. The van der Waals surface area contributed by atoms with Crippen molar-refractivity contribution in [2.45, 2.75) is 103 Å². The average molecular weight is 360 g/mol. The van der Waals surface area contributed by atoms with Gasteiger partial charge in [0, 0.05) is 18.8 Å². The largest absolute Gasteiger partial charge is 0.415 e. The molecule has 0 saturated carbocycles. The number of nitrogens with one attached hydrogen (secondary N) is 1. The molecule has 1 heterocycles. The van der Waals surface area contributed by atoms with Crippen molar-refractivity contribution in [3.63, 3.8) is 0 Å². The van der Waals surface area contributed by atoms with Crippen LogP contribution in [0.15, 0.2) is 0 Å². The van der Waals surface area contributed by atoms with Crippen molar-refractivity contribution in [3.8, 4) is 0 Å². The highest BCUT2D eigenvalue weighted by Crippen LogP contribution is 2.39. The van der Waals surface area contributed by atoms with Gasteiger partial charge in [0.05, 0.1) is 0 Å². The number of hydrogen-bond donors (Lipinski definition) is 1. The lowest BCUT2D eigenvalue weighted by Crippen LogP contribution is -2.51. The molecule has 1 aliphatic heterocycles. The molecule has 0 aromatic carbocycles. The SMILES string of the molecule is CC(C)(C)[Si](C)(C)OC[C@@H]1CC(O[Si](C)(C)C(C)(C)C)CCN1. The van der Waals surface area contributed by atoms with Crippen LogP contribution < -0.4 is 5.32 Å². The van der Waals surface area contributed by atoms with Crippen LogP contribution in [0.1, 0.15) is 54.4 Å². The second kappa shape index (κ2) is 7.28. The van der Waals surface area contributed by atoms with E-state index in [1.807, 2.05) is 0 Å². The molecule has 0 aromatic rings. The summed E-state index contributed by atoms with van der Waals surface area (Å²) < 4.78 is 13.0. The summed E-state index contributed by atoms with van der Waals surface area (Å²) in [4.78, 5) is 0. The number of piperidine rings is 1. The summed E-state index contributed by atoms with van der Waals surface area (Å²) in [6.45, 7) is 25.1. The highest BCUT2D eigenvalue weighted by molar-refractivity contribution is 6.74. The molecule has 3 nitrogen and oxygen atoms in total. The summed E-state index contributed by atoms with van der Waals surface area (Å²) in [5.41, 5.74) is 0.